The molecule has 1 saturated heterocycles. The van der Waals surface area contributed by atoms with E-state index in [1.165, 1.54) is 9.75 Å². The molecule has 1 aliphatic rings. The minimum Gasteiger partial charge on any atom is -0.457 e. The van der Waals surface area contributed by atoms with Crippen LogP contribution in [0, 0.1) is 6.92 Å². The van der Waals surface area contributed by atoms with Gasteiger partial charge in [0, 0.05) is 21.6 Å². The van der Waals surface area contributed by atoms with Crippen LogP contribution in [-0.4, -0.2) is 10.1 Å². The van der Waals surface area contributed by atoms with Gasteiger partial charge in [0.15, 0.2) is 5.11 Å². The number of aryl methyl sites for hydroxylation is 1. The number of hydrogen-bond acceptors (Lipinski definition) is 4. The normalized spacial score (nSPS) is 18.1. The van der Waals surface area contributed by atoms with Crippen molar-refractivity contribution in [1.82, 2.24) is 10.3 Å². The maximum absolute atomic E-state index is 5.95. The summed E-state index contributed by atoms with van der Waals surface area (Å²) in [6.45, 7) is 2.13. The van der Waals surface area contributed by atoms with Crippen molar-refractivity contribution >= 4 is 34.4 Å². The number of nitrogens with one attached hydrogen (secondary N) is 1. The summed E-state index contributed by atoms with van der Waals surface area (Å²) in [5, 5.41) is 4.20. The Kier molecular flexibility index (Phi) is 5.40. The van der Waals surface area contributed by atoms with Crippen LogP contribution in [0.15, 0.2) is 91.1 Å². The second kappa shape index (κ2) is 8.49. The molecule has 1 N–H and O–H groups in total. The maximum Gasteiger partial charge on any atom is 0.174 e. The first kappa shape index (κ1) is 19.7. The predicted octanol–water partition coefficient (Wildman–Crippen LogP) is 6.42. The third-order valence-corrected chi connectivity index (χ3v) is 6.63. The van der Waals surface area contributed by atoms with Crippen LogP contribution >= 0.6 is 23.6 Å². The minimum atomic E-state index is -0.0213. The molecule has 2 aromatic carbocycles. The van der Waals surface area contributed by atoms with Gasteiger partial charge in [-0.25, -0.2) is 0 Å². The molecule has 5 rings (SSSR count). The molecular weight excluding hydrogens is 422 g/mol. The lowest BCUT2D eigenvalue weighted by molar-refractivity contribution is 0.482. The van der Waals surface area contributed by atoms with E-state index in [9.17, 15) is 0 Å². The molecule has 4 aromatic rings. The number of thiocarbonyl (C=S) groups is 1. The van der Waals surface area contributed by atoms with Gasteiger partial charge in [-0.3, -0.25) is 4.98 Å². The smallest absolute Gasteiger partial charge is 0.174 e. The average molecular weight is 444 g/mol. The van der Waals surface area contributed by atoms with Crippen molar-refractivity contribution in [3.05, 3.63) is 107 Å². The quantitative estimate of drug-likeness (QED) is 0.360. The molecule has 0 spiro atoms. The summed E-state index contributed by atoms with van der Waals surface area (Å²) in [5.74, 6) is 1.61. The molecule has 0 amide bonds. The average Bonchev–Trinajstić information content (AvgIpc) is 3.38. The number of benzene rings is 2. The van der Waals surface area contributed by atoms with E-state index in [-0.39, 0.29) is 12.1 Å². The van der Waals surface area contributed by atoms with Crippen LogP contribution in [0.5, 0.6) is 11.5 Å². The predicted molar refractivity (Wildman–Crippen MR) is 130 cm³/mol. The fourth-order valence-corrected chi connectivity index (χ4v) is 5.19. The van der Waals surface area contributed by atoms with Crippen molar-refractivity contribution in [2.24, 2.45) is 0 Å². The van der Waals surface area contributed by atoms with Crippen molar-refractivity contribution < 1.29 is 4.74 Å². The lowest BCUT2D eigenvalue weighted by Crippen LogP contribution is -2.28. The van der Waals surface area contributed by atoms with Gasteiger partial charge in [0.2, 0.25) is 0 Å². The van der Waals surface area contributed by atoms with Crippen molar-refractivity contribution in [2.75, 3.05) is 4.90 Å². The number of nitrogens with zero attached hydrogens (tertiary/aromatic N) is 2. The number of hydrogen-bond donors (Lipinski definition) is 1. The number of ether oxygens (including phenoxy) is 1. The van der Waals surface area contributed by atoms with Crippen LogP contribution in [0.25, 0.3) is 0 Å². The zero-order valence-electron chi connectivity index (χ0n) is 16.9. The van der Waals surface area contributed by atoms with Gasteiger partial charge in [-0.05, 0) is 79.8 Å². The molecule has 0 bridgehead atoms. The van der Waals surface area contributed by atoms with Gasteiger partial charge in [-0.1, -0.05) is 24.3 Å². The second-order valence-electron chi connectivity index (χ2n) is 7.35. The molecular formula is C25H21N3OS2. The molecule has 31 heavy (non-hydrogen) atoms. The molecule has 0 aliphatic carbocycles. The van der Waals surface area contributed by atoms with E-state index in [1.807, 2.05) is 66.9 Å². The first-order valence-electron chi connectivity index (χ1n) is 10.1. The monoisotopic (exact) mass is 443 g/mol. The molecule has 4 nitrogen and oxygen atoms in total. The Morgan fingerprint density at radius 2 is 1.65 bits per heavy atom. The summed E-state index contributed by atoms with van der Waals surface area (Å²) in [6, 6.07) is 28.2. The zero-order valence-corrected chi connectivity index (χ0v) is 18.6. The van der Waals surface area contributed by atoms with E-state index in [0.717, 1.165) is 22.9 Å². The third-order valence-electron chi connectivity index (χ3n) is 5.24. The molecule has 1 fully saturated rings. The van der Waals surface area contributed by atoms with E-state index in [2.05, 4.69) is 46.4 Å². The van der Waals surface area contributed by atoms with Gasteiger partial charge in [0.25, 0.3) is 0 Å². The molecule has 1 aliphatic heterocycles. The summed E-state index contributed by atoms with van der Waals surface area (Å²) in [6.07, 6.45) is 1.83. The van der Waals surface area contributed by atoms with Crippen LogP contribution in [0.1, 0.15) is 27.5 Å². The second-order valence-corrected chi connectivity index (χ2v) is 9.06. The molecule has 6 heteroatoms. The number of para-hydroxylation sites is 1. The van der Waals surface area contributed by atoms with Crippen LogP contribution in [0.3, 0.4) is 0 Å². The molecule has 2 atom stereocenters. The van der Waals surface area contributed by atoms with Crippen LogP contribution in [0.2, 0.25) is 0 Å². The summed E-state index contributed by atoms with van der Waals surface area (Å²) in [5.41, 5.74) is 2.00. The highest BCUT2D eigenvalue weighted by atomic mass is 32.1. The van der Waals surface area contributed by atoms with Crippen LogP contribution < -0.4 is 15.0 Å². The summed E-state index contributed by atoms with van der Waals surface area (Å²) < 4.78 is 5.95. The number of aromatic nitrogens is 1. The third kappa shape index (κ3) is 4.04. The largest absolute Gasteiger partial charge is 0.457 e. The van der Waals surface area contributed by atoms with Gasteiger partial charge in [0.05, 0.1) is 17.8 Å². The van der Waals surface area contributed by atoms with Crippen LogP contribution in [0.4, 0.5) is 5.69 Å². The SMILES string of the molecule is Cc1ccc([C@@H]2[C@@H](c3ccccn3)NC(=S)N2c2ccc(Oc3ccccc3)cc2)s1. The van der Waals surface area contributed by atoms with E-state index in [4.69, 9.17) is 17.0 Å². The number of pyridine rings is 1. The van der Waals surface area contributed by atoms with Gasteiger partial charge in [-0.2, -0.15) is 0 Å². The highest BCUT2D eigenvalue weighted by Gasteiger charge is 2.41. The fourth-order valence-electron chi connectivity index (χ4n) is 3.83. The minimum absolute atomic E-state index is 0.0213. The van der Waals surface area contributed by atoms with Crippen molar-refractivity contribution in [3.8, 4) is 11.5 Å². The summed E-state index contributed by atoms with van der Waals surface area (Å²) in [7, 11) is 0. The highest BCUT2D eigenvalue weighted by Crippen LogP contribution is 2.43. The van der Waals surface area contributed by atoms with Crippen LogP contribution in [-0.2, 0) is 0 Å². The molecule has 0 saturated carbocycles. The lowest BCUT2D eigenvalue weighted by Gasteiger charge is -2.27. The standard InChI is InChI=1S/C25H21N3OS2/c1-17-10-15-22(31-17)24-23(21-9-5-6-16-26-21)27-25(30)28(24)18-11-13-20(14-12-18)29-19-7-3-2-4-8-19/h2-16,23-24H,1H3,(H,27,30)/t23-,24-/m1/s1. The molecule has 3 heterocycles. The molecule has 0 unspecified atom stereocenters. The summed E-state index contributed by atoms with van der Waals surface area (Å²) >= 11 is 7.58. The van der Waals surface area contributed by atoms with Gasteiger partial charge in [-0.15, -0.1) is 11.3 Å². The first-order chi connectivity index (χ1) is 15.2. The number of thiophene rings is 1. The van der Waals surface area contributed by atoms with Gasteiger partial charge < -0.3 is 15.0 Å². The lowest BCUT2D eigenvalue weighted by atomic mass is 10.0. The first-order valence-corrected chi connectivity index (χ1v) is 11.3. The van der Waals surface area contributed by atoms with E-state index in [1.54, 1.807) is 11.3 Å². The Balaban J connectivity index is 1.48. The maximum atomic E-state index is 5.95. The van der Waals surface area contributed by atoms with Gasteiger partial charge in [0.1, 0.15) is 11.5 Å². The molecule has 154 valence electrons. The van der Waals surface area contributed by atoms with E-state index < -0.39 is 0 Å². The fraction of sp³-hybridized carbons (Fsp3) is 0.120. The van der Waals surface area contributed by atoms with Gasteiger partial charge >= 0.3 is 0 Å². The van der Waals surface area contributed by atoms with Crippen molar-refractivity contribution in [2.45, 2.75) is 19.0 Å². The molecule has 2 aromatic heterocycles. The van der Waals surface area contributed by atoms with E-state index >= 15 is 0 Å². The van der Waals surface area contributed by atoms with Crippen molar-refractivity contribution in [3.63, 3.8) is 0 Å². The van der Waals surface area contributed by atoms with Crippen molar-refractivity contribution in [1.29, 1.82) is 0 Å². The topological polar surface area (TPSA) is 37.4 Å². The highest BCUT2D eigenvalue weighted by molar-refractivity contribution is 7.80. The molecule has 0 radical (unpaired) electrons. The Morgan fingerprint density at radius 3 is 2.32 bits per heavy atom. The summed E-state index contributed by atoms with van der Waals surface area (Å²) in [4.78, 5) is 9.32. The number of rotatable bonds is 5. The Bertz CT molecular complexity index is 1180. The Hall–Kier alpha value is -3.22. The number of anilines is 1. The Morgan fingerprint density at radius 1 is 0.903 bits per heavy atom. The Labute approximate surface area is 191 Å². The zero-order chi connectivity index (χ0) is 21.2. The van der Waals surface area contributed by atoms with E-state index in [0.29, 0.717) is 5.11 Å².